The number of carbonyl (C=O) groups is 1. The largest absolute Gasteiger partial charge is 0.350 e. The standard InChI is InChI=1S/C27H28FN5O/c1-19-7-5-8-23-25(19)22(18-33(23)27-29-13-6-14-30-27)26(34)31-17-24(32-15-3-2-4-16-32)20-9-11-21(28)12-10-20/h5-14,18,24H,2-4,15-17H2,1H3,(H,31,34). The van der Waals surface area contributed by atoms with Crippen molar-refractivity contribution in [3.63, 3.8) is 0 Å². The van der Waals surface area contributed by atoms with Crippen LogP contribution in [0.15, 0.2) is 67.1 Å². The van der Waals surface area contributed by atoms with Crippen molar-refractivity contribution in [3.8, 4) is 5.95 Å². The average molecular weight is 458 g/mol. The number of fused-ring (bicyclic) bond motifs is 1. The highest BCUT2D eigenvalue weighted by atomic mass is 19.1. The minimum Gasteiger partial charge on any atom is -0.350 e. The maximum absolute atomic E-state index is 13.6. The first-order chi connectivity index (χ1) is 16.6. The minimum absolute atomic E-state index is 0.00301. The summed E-state index contributed by atoms with van der Waals surface area (Å²) in [7, 11) is 0. The summed E-state index contributed by atoms with van der Waals surface area (Å²) in [6, 6.07) is 14.3. The molecule has 1 aliphatic rings. The van der Waals surface area contributed by atoms with Crippen LogP contribution < -0.4 is 5.32 Å². The zero-order valence-corrected chi connectivity index (χ0v) is 19.2. The second kappa shape index (κ2) is 9.73. The van der Waals surface area contributed by atoms with Gasteiger partial charge in [-0.3, -0.25) is 14.3 Å². The van der Waals surface area contributed by atoms with Crippen LogP contribution in [-0.2, 0) is 0 Å². The molecule has 6 nitrogen and oxygen atoms in total. The summed E-state index contributed by atoms with van der Waals surface area (Å²) in [5, 5.41) is 4.06. The quantitative estimate of drug-likeness (QED) is 0.451. The molecule has 2 aromatic heterocycles. The zero-order chi connectivity index (χ0) is 23.5. The lowest BCUT2D eigenvalue weighted by atomic mass is 10.0. The van der Waals surface area contributed by atoms with Gasteiger partial charge in [-0.15, -0.1) is 0 Å². The second-order valence-corrected chi connectivity index (χ2v) is 8.80. The fourth-order valence-electron chi connectivity index (χ4n) is 4.88. The van der Waals surface area contributed by atoms with Gasteiger partial charge in [0.25, 0.3) is 5.91 Å². The van der Waals surface area contributed by atoms with E-state index in [0.717, 1.165) is 48.0 Å². The van der Waals surface area contributed by atoms with Crippen LogP contribution in [0.4, 0.5) is 4.39 Å². The lowest BCUT2D eigenvalue weighted by molar-refractivity contribution is 0.0926. The van der Waals surface area contributed by atoms with E-state index in [9.17, 15) is 9.18 Å². The number of nitrogens with one attached hydrogen (secondary N) is 1. The Balaban J connectivity index is 1.45. The highest BCUT2D eigenvalue weighted by Crippen LogP contribution is 2.28. The summed E-state index contributed by atoms with van der Waals surface area (Å²) in [6.07, 6.45) is 8.69. The van der Waals surface area contributed by atoms with E-state index in [-0.39, 0.29) is 17.8 Å². The predicted molar refractivity (Wildman–Crippen MR) is 131 cm³/mol. The van der Waals surface area contributed by atoms with Gasteiger partial charge in [0.15, 0.2) is 0 Å². The Morgan fingerprint density at radius 1 is 1.03 bits per heavy atom. The van der Waals surface area contributed by atoms with Gasteiger partial charge in [-0.1, -0.05) is 30.7 Å². The molecule has 0 saturated carbocycles. The summed E-state index contributed by atoms with van der Waals surface area (Å²) in [4.78, 5) is 24.6. The van der Waals surface area contributed by atoms with Crippen LogP contribution in [0.3, 0.4) is 0 Å². The molecular formula is C27H28FN5O. The first-order valence-electron chi connectivity index (χ1n) is 11.8. The highest BCUT2D eigenvalue weighted by molar-refractivity contribution is 6.08. The highest BCUT2D eigenvalue weighted by Gasteiger charge is 2.24. The molecule has 1 saturated heterocycles. The van der Waals surface area contributed by atoms with Gasteiger partial charge >= 0.3 is 0 Å². The van der Waals surface area contributed by atoms with Crippen LogP contribution in [0.25, 0.3) is 16.9 Å². The van der Waals surface area contributed by atoms with Crippen molar-refractivity contribution >= 4 is 16.8 Å². The first-order valence-corrected chi connectivity index (χ1v) is 11.8. The summed E-state index contributed by atoms with van der Waals surface area (Å²) in [5.41, 5.74) is 3.52. The molecule has 1 fully saturated rings. The number of aromatic nitrogens is 3. The minimum atomic E-state index is -0.253. The number of hydrogen-bond acceptors (Lipinski definition) is 4. The van der Waals surface area contributed by atoms with Gasteiger partial charge < -0.3 is 5.32 Å². The van der Waals surface area contributed by atoms with Crippen LogP contribution in [0.2, 0.25) is 0 Å². The Kier molecular flexibility index (Phi) is 6.36. The number of likely N-dealkylation sites (tertiary alicyclic amines) is 1. The Hall–Kier alpha value is -3.58. The second-order valence-electron chi connectivity index (χ2n) is 8.80. The van der Waals surface area contributed by atoms with Crippen molar-refractivity contribution in [1.29, 1.82) is 0 Å². The number of hydrogen-bond donors (Lipinski definition) is 1. The summed E-state index contributed by atoms with van der Waals surface area (Å²) < 4.78 is 15.4. The molecule has 1 aliphatic heterocycles. The van der Waals surface area contributed by atoms with Crippen molar-refractivity contribution in [1.82, 2.24) is 24.8 Å². The van der Waals surface area contributed by atoms with Crippen LogP contribution in [0.1, 0.15) is 46.8 Å². The van der Waals surface area contributed by atoms with Crippen LogP contribution >= 0.6 is 0 Å². The Bertz CT molecular complexity index is 1280. The smallest absolute Gasteiger partial charge is 0.253 e. The number of aryl methyl sites for hydroxylation is 1. The van der Waals surface area contributed by atoms with Crippen molar-refractivity contribution < 1.29 is 9.18 Å². The van der Waals surface area contributed by atoms with E-state index in [1.165, 1.54) is 18.6 Å². The number of piperidine rings is 1. The van der Waals surface area contributed by atoms with Crippen LogP contribution in [-0.4, -0.2) is 45.0 Å². The van der Waals surface area contributed by atoms with Crippen molar-refractivity contribution in [2.45, 2.75) is 32.2 Å². The number of halogens is 1. The van der Waals surface area contributed by atoms with Gasteiger partial charge in [-0.2, -0.15) is 0 Å². The Morgan fingerprint density at radius 2 is 1.76 bits per heavy atom. The molecule has 0 radical (unpaired) electrons. The van der Waals surface area contributed by atoms with Gasteiger partial charge in [0.05, 0.1) is 17.1 Å². The number of nitrogens with zero attached hydrogens (tertiary/aromatic N) is 4. The van der Waals surface area contributed by atoms with Crippen molar-refractivity contribution in [2.24, 2.45) is 0 Å². The van der Waals surface area contributed by atoms with Gasteiger partial charge in [0.2, 0.25) is 5.95 Å². The normalized spacial score (nSPS) is 15.4. The molecule has 7 heteroatoms. The molecule has 5 rings (SSSR count). The van der Waals surface area contributed by atoms with E-state index >= 15 is 0 Å². The molecule has 4 aromatic rings. The molecule has 174 valence electrons. The molecule has 2 aromatic carbocycles. The molecule has 1 unspecified atom stereocenters. The average Bonchev–Trinajstić information content (AvgIpc) is 3.27. The molecule has 0 aliphatic carbocycles. The monoisotopic (exact) mass is 457 g/mol. The maximum Gasteiger partial charge on any atom is 0.253 e. The Morgan fingerprint density at radius 3 is 2.50 bits per heavy atom. The van der Waals surface area contributed by atoms with Crippen LogP contribution in [0, 0.1) is 12.7 Å². The van der Waals surface area contributed by atoms with Gasteiger partial charge in [0.1, 0.15) is 5.82 Å². The third-order valence-electron chi connectivity index (χ3n) is 6.59. The van der Waals surface area contributed by atoms with Gasteiger partial charge in [0, 0.05) is 30.5 Å². The summed E-state index contributed by atoms with van der Waals surface area (Å²) in [5.74, 6) is 0.129. The molecule has 0 spiro atoms. The maximum atomic E-state index is 13.6. The van der Waals surface area contributed by atoms with E-state index in [2.05, 4.69) is 20.2 Å². The van der Waals surface area contributed by atoms with E-state index in [1.54, 1.807) is 18.5 Å². The number of benzene rings is 2. The SMILES string of the molecule is Cc1cccc2c1c(C(=O)NCC(c1ccc(F)cc1)N1CCCCC1)cn2-c1ncccn1. The molecule has 1 atom stereocenters. The lowest BCUT2D eigenvalue weighted by Gasteiger charge is -2.35. The molecular weight excluding hydrogens is 429 g/mol. The third-order valence-corrected chi connectivity index (χ3v) is 6.59. The van der Waals surface area contributed by atoms with E-state index in [4.69, 9.17) is 0 Å². The zero-order valence-electron chi connectivity index (χ0n) is 19.2. The van der Waals surface area contributed by atoms with Crippen molar-refractivity contribution in [3.05, 3.63) is 89.6 Å². The third kappa shape index (κ3) is 4.43. The molecule has 3 heterocycles. The van der Waals surface area contributed by atoms with Crippen molar-refractivity contribution in [2.75, 3.05) is 19.6 Å². The summed E-state index contributed by atoms with van der Waals surface area (Å²) in [6.45, 7) is 4.40. The Labute approximate surface area is 198 Å². The van der Waals surface area contributed by atoms with E-state index < -0.39 is 0 Å². The van der Waals surface area contributed by atoms with E-state index in [0.29, 0.717) is 18.1 Å². The summed E-state index contributed by atoms with van der Waals surface area (Å²) >= 11 is 0. The number of rotatable bonds is 6. The fraction of sp³-hybridized carbons (Fsp3) is 0.296. The number of amides is 1. The number of carbonyl (C=O) groups excluding carboxylic acids is 1. The lowest BCUT2D eigenvalue weighted by Crippen LogP contribution is -2.40. The topological polar surface area (TPSA) is 63.1 Å². The van der Waals surface area contributed by atoms with E-state index in [1.807, 2.05) is 48.0 Å². The predicted octanol–water partition coefficient (Wildman–Crippen LogP) is 4.83. The van der Waals surface area contributed by atoms with Gasteiger partial charge in [-0.25, -0.2) is 14.4 Å². The fourth-order valence-corrected chi connectivity index (χ4v) is 4.88. The molecule has 34 heavy (non-hydrogen) atoms. The first kappa shape index (κ1) is 22.2. The molecule has 1 amide bonds. The molecule has 0 bridgehead atoms. The van der Waals surface area contributed by atoms with Crippen LogP contribution in [0.5, 0.6) is 0 Å². The van der Waals surface area contributed by atoms with Gasteiger partial charge in [-0.05, 0) is 68.2 Å². The molecule has 1 N–H and O–H groups in total.